The standard InChI is InChI=1S/2C9H16N4O.C7H14O.C6H12N4.C6H15NO.C6H14O2S.C5H13O3P/c1-7(14)6-13-8(10-11-12-13)5-9(2,3)4;1-7(14)6-13-11-8(10-12-13)5-9(2,3)4;1-6(8)5-7(2,3)4;1-6(2,3)4-5-7-9-10-8-5;1-6(2,3)5-7(4)8;1-6(2,3)5-9(4,7)8;1-5(2,3)4-9(6,7)8/h2*5-6H2,1-4H3;5H2,1-4H3;4H2,1-3H3,(H,7,8,9,10);8H,5H2,1-4H3;5H2,1-4H3;4H2,1-3H3,(H2,6,7,8). The lowest BCUT2D eigenvalue weighted by Gasteiger charge is -2.21. The van der Waals surface area contributed by atoms with Crippen molar-refractivity contribution in [1.29, 1.82) is 0 Å². The van der Waals surface area contributed by atoms with Crippen LogP contribution in [0.4, 0.5) is 0 Å². The van der Waals surface area contributed by atoms with Gasteiger partial charge in [-0.3, -0.25) is 14.2 Å². The molecule has 0 unspecified atom stereocenters. The molecular weight excluding hydrogens is 966 g/mol. The number of tetrazole rings is 3. The number of hydrogen-bond acceptors (Lipinski definition) is 17. The van der Waals surface area contributed by atoms with Crippen LogP contribution in [0, 0.1) is 37.9 Å². The monoisotopic (exact) mass is 1070 g/mol. The summed E-state index contributed by atoms with van der Waals surface area (Å²) in [6.07, 6.45) is 4.31. The summed E-state index contributed by atoms with van der Waals surface area (Å²) in [6, 6.07) is 0. The third-order valence-corrected chi connectivity index (χ3v) is 9.90. The largest absolute Gasteiger partial charge is 0.326 e. The maximum Gasteiger partial charge on any atom is 0.326 e. The normalized spacial score (nSPS) is 12.4. The summed E-state index contributed by atoms with van der Waals surface area (Å²) in [4.78, 5) is 50.4. The van der Waals surface area contributed by atoms with E-state index in [4.69, 9.17) is 15.0 Å². The molecule has 0 aromatic carbocycles. The average Bonchev–Trinajstić information content (AvgIpc) is 3.78. The van der Waals surface area contributed by atoms with Crippen LogP contribution in [-0.4, -0.2) is 139 Å². The summed E-state index contributed by atoms with van der Waals surface area (Å²) in [5.74, 6) is 2.88. The molecule has 422 valence electrons. The Hall–Kier alpha value is -3.76. The minimum atomic E-state index is -3.79. The highest BCUT2D eigenvalue weighted by Gasteiger charge is 2.23. The average molecular weight is 1070 g/mol. The van der Waals surface area contributed by atoms with E-state index in [9.17, 15) is 27.4 Å². The van der Waals surface area contributed by atoms with Gasteiger partial charge in [0.25, 0.3) is 0 Å². The Balaban J connectivity index is -0.000000380. The van der Waals surface area contributed by atoms with Gasteiger partial charge in [-0.25, -0.2) is 13.1 Å². The highest BCUT2D eigenvalue weighted by molar-refractivity contribution is 7.90. The quantitative estimate of drug-likeness (QED) is 0.104. The molecule has 0 atom stereocenters. The Morgan fingerprint density at radius 1 is 0.611 bits per heavy atom. The van der Waals surface area contributed by atoms with Crippen LogP contribution >= 0.6 is 7.60 Å². The minimum absolute atomic E-state index is 0.0321. The molecule has 0 spiro atoms. The number of H-pyrrole nitrogens is 1. The number of aromatic amines is 1. The third-order valence-electron chi connectivity index (χ3n) is 7.15. The molecule has 0 aliphatic rings. The van der Waals surface area contributed by atoms with Gasteiger partial charge in [-0.05, 0) is 74.3 Å². The van der Waals surface area contributed by atoms with E-state index < -0.39 is 17.4 Å². The molecular formula is C48H100N13O9PS. The Labute approximate surface area is 433 Å². The van der Waals surface area contributed by atoms with Crippen LogP contribution in [0.2, 0.25) is 0 Å². The number of hydroxylamine groups is 2. The zero-order chi connectivity index (χ0) is 58.1. The molecule has 22 nitrogen and oxygen atoms in total. The summed E-state index contributed by atoms with van der Waals surface area (Å²) >= 11 is 0. The van der Waals surface area contributed by atoms with Crippen molar-refractivity contribution in [3.63, 3.8) is 0 Å². The summed E-state index contributed by atoms with van der Waals surface area (Å²) < 4.78 is 33.2. The number of sulfone groups is 1. The van der Waals surface area contributed by atoms with Crippen LogP contribution in [0.5, 0.6) is 0 Å². The maximum absolute atomic E-state index is 10.9. The first kappa shape index (κ1) is 74.8. The van der Waals surface area contributed by atoms with Gasteiger partial charge < -0.3 is 19.8 Å². The lowest BCUT2D eigenvalue weighted by molar-refractivity contribution is -0.119. The highest BCUT2D eigenvalue weighted by atomic mass is 32.2. The first-order chi connectivity index (χ1) is 31.6. The zero-order valence-corrected chi connectivity index (χ0v) is 51.1. The van der Waals surface area contributed by atoms with Crippen molar-refractivity contribution in [3.05, 3.63) is 17.5 Å². The molecule has 3 rings (SSSR count). The zero-order valence-electron chi connectivity index (χ0n) is 49.4. The third kappa shape index (κ3) is 62.4. The van der Waals surface area contributed by atoms with Gasteiger partial charge in [0.05, 0.1) is 11.9 Å². The van der Waals surface area contributed by atoms with Gasteiger partial charge in [-0.1, -0.05) is 151 Å². The van der Waals surface area contributed by atoms with E-state index in [0.717, 1.165) is 30.9 Å². The fourth-order valence-corrected chi connectivity index (χ4v) is 8.62. The van der Waals surface area contributed by atoms with Gasteiger partial charge in [-0.2, -0.15) is 15.1 Å². The van der Waals surface area contributed by atoms with Gasteiger partial charge in [0.15, 0.2) is 29.0 Å². The van der Waals surface area contributed by atoms with E-state index in [2.05, 4.69) is 155 Å². The van der Waals surface area contributed by atoms with Crippen LogP contribution in [0.1, 0.15) is 190 Å². The summed E-state index contributed by atoms with van der Waals surface area (Å²) in [7, 11) is -4.91. The highest BCUT2D eigenvalue weighted by Crippen LogP contribution is 2.41. The van der Waals surface area contributed by atoms with Gasteiger partial charge in [-0.15, -0.1) is 25.5 Å². The van der Waals surface area contributed by atoms with Crippen molar-refractivity contribution in [2.75, 3.05) is 31.8 Å². The number of Topliss-reactive ketones (excluding diaryl/α,β-unsaturated/α-hetero) is 3. The van der Waals surface area contributed by atoms with Crippen molar-refractivity contribution in [3.8, 4) is 0 Å². The van der Waals surface area contributed by atoms with Gasteiger partial charge in [0.1, 0.15) is 28.7 Å². The first-order valence-corrected chi connectivity index (χ1v) is 27.8. The molecule has 0 radical (unpaired) electrons. The molecule has 0 bridgehead atoms. The molecule has 0 saturated heterocycles. The van der Waals surface area contributed by atoms with E-state index in [1.165, 1.54) is 30.0 Å². The van der Waals surface area contributed by atoms with Gasteiger partial charge in [0.2, 0.25) is 0 Å². The number of ketones is 3. The molecule has 3 aromatic heterocycles. The van der Waals surface area contributed by atoms with E-state index in [1.807, 2.05) is 20.8 Å². The summed E-state index contributed by atoms with van der Waals surface area (Å²) in [5.41, 5.74) is 0.499. The van der Waals surface area contributed by atoms with Crippen molar-refractivity contribution < 1.29 is 42.4 Å². The molecule has 0 aliphatic heterocycles. The predicted molar refractivity (Wildman–Crippen MR) is 285 cm³/mol. The molecule has 0 amide bonds. The van der Waals surface area contributed by atoms with E-state index >= 15 is 0 Å². The van der Waals surface area contributed by atoms with Gasteiger partial charge >= 0.3 is 7.60 Å². The van der Waals surface area contributed by atoms with Crippen LogP contribution < -0.4 is 0 Å². The topological polar surface area (TPSA) is 308 Å². The number of hydrogen-bond donors (Lipinski definition) is 4. The van der Waals surface area contributed by atoms with Crippen LogP contribution in [0.15, 0.2) is 0 Å². The fraction of sp³-hybridized carbons (Fsp3) is 0.875. The van der Waals surface area contributed by atoms with Crippen molar-refractivity contribution in [1.82, 2.24) is 66.1 Å². The second-order valence-electron chi connectivity index (χ2n) is 26.8. The first-order valence-electron chi connectivity index (χ1n) is 23.9. The van der Waals surface area contributed by atoms with Crippen LogP contribution in [0.25, 0.3) is 0 Å². The van der Waals surface area contributed by atoms with Crippen molar-refractivity contribution >= 4 is 34.8 Å². The van der Waals surface area contributed by atoms with Crippen LogP contribution in [-0.2, 0) is 61.1 Å². The molecule has 3 heterocycles. The van der Waals surface area contributed by atoms with Crippen molar-refractivity contribution in [2.45, 2.75) is 205 Å². The number of rotatable bonds is 11. The fourth-order valence-electron chi connectivity index (χ4n) is 5.82. The van der Waals surface area contributed by atoms with Gasteiger partial charge in [0, 0.05) is 45.5 Å². The van der Waals surface area contributed by atoms with E-state index in [1.54, 1.807) is 39.4 Å². The second kappa shape index (κ2) is 31.9. The molecule has 72 heavy (non-hydrogen) atoms. The molecule has 3 aromatic rings. The van der Waals surface area contributed by atoms with Crippen LogP contribution in [0.3, 0.4) is 0 Å². The Kier molecular flexibility index (Phi) is 33.1. The number of aromatic nitrogens is 12. The van der Waals surface area contributed by atoms with E-state index in [0.29, 0.717) is 18.8 Å². The lowest BCUT2D eigenvalue weighted by atomic mass is 9.91. The lowest BCUT2D eigenvalue weighted by Crippen LogP contribution is -2.26. The minimum Gasteiger partial charge on any atom is -0.324 e. The Morgan fingerprint density at radius 3 is 1.32 bits per heavy atom. The Bertz CT molecular complexity index is 2120. The SMILES string of the molecule is CC(=O)CC(C)(C)C.CC(=O)Cn1nnc(CC(C)(C)C)n1.CC(=O)Cn1nnnc1CC(C)(C)C.CC(C)(C)CP(=O)(O)O.CC(C)(C)CS(C)(=O)=O.CC(C)(C)Cc1nn[nH]n1.CN(O)CC(C)(C)C. The second-order valence-corrected chi connectivity index (χ2v) is 30.5. The summed E-state index contributed by atoms with van der Waals surface area (Å²) in [6.45, 7) is 48.5. The predicted octanol–water partition coefficient (Wildman–Crippen LogP) is 8.14. The Morgan fingerprint density at radius 2 is 1.07 bits per heavy atom. The molecule has 0 saturated carbocycles. The molecule has 0 fully saturated rings. The molecule has 24 heteroatoms. The van der Waals surface area contributed by atoms with Crippen molar-refractivity contribution in [2.24, 2.45) is 37.9 Å². The maximum atomic E-state index is 10.9. The van der Waals surface area contributed by atoms with E-state index in [-0.39, 0.29) is 80.3 Å². The summed E-state index contributed by atoms with van der Waals surface area (Å²) in [5, 5.41) is 46.6. The molecule has 0 aliphatic carbocycles. The number of nitrogens with one attached hydrogen (secondary N) is 1. The number of nitrogens with zero attached hydrogens (tertiary/aromatic N) is 12. The number of carbonyl (C=O) groups excluding carboxylic acids is 3. The molecule has 4 N–H and O–H groups in total. The number of carbonyl (C=O) groups is 3. The smallest absolute Gasteiger partial charge is 0.324 e.